The van der Waals surface area contributed by atoms with Crippen LogP contribution in [0.5, 0.6) is 0 Å². The van der Waals surface area contributed by atoms with Crippen LogP contribution in [0.1, 0.15) is 6.92 Å². The van der Waals surface area contributed by atoms with Crippen molar-refractivity contribution in [1.82, 2.24) is 4.57 Å². The summed E-state index contributed by atoms with van der Waals surface area (Å²) in [6.07, 6.45) is 0. The number of fused-ring (bicyclic) bond motifs is 3. The van der Waals surface area contributed by atoms with Crippen LogP contribution >= 0.6 is 0 Å². The van der Waals surface area contributed by atoms with Gasteiger partial charge in [-0.1, -0.05) is 0 Å². The molecular weight excluding hydrogens is 269 g/mol. The number of para-hydroxylation sites is 1. The van der Waals surface area contributed by atoms with Crippen LogP contribution in [-0.4, -0.2) is 25.2 Å². The van der Waals surface area contributed by atoms with E-state index >= 15 is 0 Å². The second-order valence-electron chi connectivity index (χ2n) is 4.12. The fourth-order valence-electron chi connectivity index (χ4n) is 2.48. The van der Waals surface area contributed by atoms with E-state index in [2.05, 4.69) is 59.3 Å². The van der Waals surface area contributed by atoms with E-state index in [1.165, 1.54) is 26.2 Å². The Morgan fingerprint density at radius 3 is 2.59 bits per heavy atom. The standard InChI is InChI=1S/C15H14AsN/c1-3-17-14-7-5-4-6-12(14)13-10-11(16-2)8-9-15(13)17/h4-10H,2-3H2,1H3. The monoisotopic (exact) mass is 283 g/mol. The first-order valence-corrected chi connectivity index (χ1v) is 8.09. The summed E-state index contributed by atoms with van der Waals surface area (Å²) in [5, 5.41) is 6.79. The van der Waals surface area contributed by atoms with Gasteiger partial charge in [-0.15, -0.1) is 0 Å². The van der Waals surface area contributed by atoms with Crippen molar-refractivity contribution < 1.29 is 0 Å². The molecular formula is C15H14AsN. The van der Waals surface area contributed by atoms with E-state index in [1.807, 2.05) is 0 Å². The summed E-state index contributed by atoms with van der Waals surface area (Å²) in [5.41, 5.74) is 2.68. The second kappa shape index (κ2) is 4.16. The Kier molecular flexibility index (Phi) is 2.64. The number of rotatable bonds is 2. The molecule has 0 atom stereocenters. The predicted molar refractivity (Wildman–Crippen MR) is 77.6 cm³/mol. The van der Waals surface area contributed by atoms with Gasteiger partial charge in [-0.05, 0) is 0 Å². The first kappa shape index (κ1) is 10.8. The van der Waals surface area contributed by atoms with E-state index in [9.17, 15) is 0 Å². The molecule has 0 radical (unpaired) electrons. The average molecular weight is 283 g/mol. The van der Waals surface area contributed by atoms with Gasteiger partial charge in [-0.2, -0.15) is 0 Å². The van der Waals surface area contributed by atoms with Crippen molar-refractivity contribution in [3.05, 3.63) is 42.5 Å². The topological polar surface area (TPSA) is 4.93 Å². The summed E-state index contributed by atoms with van der Waals surface area (Å²) in [7, 11) is 0. The zero-order chi connectivity index (χ0) is 11.8. The summed E-state index contributed by atoms with van der Waals surface area (Å²) in [4.78, 5) is 0. The molecule has 0 saturated carbocycles. The first-order valence-electron chi connectivity index (χ1n) is 5.83. The van der Waals surface area contributed by atoms with Crippen molar-refractivity contribution in [2.75, 3.05) is 0 Å². The number of hydrogen-bond donors (Lipinski definition) is 0. The van der Waals surface area contributed by atoms with Gasteiger partial charge in [0, 0.05) is 0 Å². The third-order valence-corrected chi connectivity index (χ3v) is 4.60. The van der Waals surface area contributed by atoms with Gasteiger partial charge in [0.25, 0.3) is 0 Å². The van der Waals surface area contributed by atoms with Crippen LogP contribution < -0.4 is 4.35 Å². The van der Waals surface area contributed by atoms with Crippen LogP contribution in [0.15, 0.2) is 42.5 Å². The van der Waals surface area contributed by atoms with Gasteiger partial charge in [0.1, 0.15) is 0 Å². The van der Waals surface area contributed by atoms with E-state index < -0.39 is 0 Å². The molecule has 0 aliphatic heterocycles. The second-order valence-corrected chi connectivity index (χ2v) is 5.87. The maximum absolute atomic E-state index is 4.06. The van der Waals surface area contributed by atoms with Crippen molar-refractivity contribution in [2.24, 2.45) is 0 Å². The van der Waals surface area contributed by atoms with Crippen LogP contribution in [0.3, 0.4) is 0 Å². The molecule has 1 aromatic heterocycles. The molecule has 0 aliphatic carbocycles. The summed E-state index contributed by atoms with van der Waals surface area (Å²) in [6, 6.07) is 15.4. The van der Waals surface area contributed by atoms with E-state index in [1.54, 1.807) is 0 Å². The van der Waals surface area contributed by atoms with Gasteiger partial charge < -0.3 is 0 Å². The van der Waals surface area contributed by atoms with Gasteiger partial charge in [0.05, 0.1) is 0 Å². The van der Waals surface area contributed by atoms with Crippen molar-refractivity contribution in [3.63, 3.8) is 0 Å². The number of nitrogens with zero attached hydrogens (tertiary/aromatic N) is 1. The van der Waals surface area contributed by atoms with Crippen molar-refractivity contribution in [3.8, 4) is 0 Å². The maximum atomic E-state index is 4.06. The quantitative estimate of drug-likeness (QED) is 0.637. The predicted octanol–water partition coefficient (Wildman–Crippen LogP) is 2.58. The average Bonchev–Trinajstić information content (AvgIpc) is 2.71. The minimum atomic E-state index is 0.0601. The van der Waals surface area contributed by atoms with E-state index in [4.69, 9.17) is 0 Å². The Hall–Kier alpha value is -1.33. The van der Waals surface area contributed by atoms with Crippen molar-refractivity contribution in [2.45, 2.75) is 13.5 Å². The molecule has 0 aliphatic rings. The normalized spacial score (nSPS) is 11.6. The molecule has 0 unspecified atom stereocenters. The molecule has 84 valence electrons. The van der Waals surface area contributed by atoms with Gasteiger partial charge in [-0.3, -0.25) is 0 Å². The molecule has 2 heteroatoms. The van der Waals surface area contributed by atoms with Crippen molar-refractivity contribution >= 4 is 46.8 Å². The molecule has 0 bridgehead atoms. The van der Waals surface area contributed by atoms with E-state index in [-0.39, 0.29) is 15.3 Å². The third kappa shape index (κ3) is 1.57. The number of aromatic nitrogens is 1. The fourth-order valence-corrected chi connectivity index (χ4v) is 3.32. The molecule has 3 aromatic rings. The van der Waals surface area contributed by atoms with Crippen LogP contribution in [-0.2, 0) is 6.54 Å². The minimum absolute atomic E-state index is 0.0601. The molecule has 2 aromatic carbocycles. The number of aryl methyl sites for hydroxylation is 1. The van der Waals surface area contributed by atoms with Gasteiger partial charge in [0.15, 0.2) is 0 Å². The van der Waals surface area contributed by atoms with Gasteiger partial charge in [-0.25, -0.2) is 0 Å². The SMILES string of the molecule is C=[As]c1ccc2c(c1)c1ccccc1n2CC. The molecule has 0 fully saturated rings. The zero-order valence-corrected chi connectivity index (χ0v) is 11.7. The Morgan fingerprint density at radius 1 is 1.06 bits per heavy atom. The molecule has 3 rings (SSSR count). The zero-order valence-electron chi connectivity index (χ0n) is 9.85. The molecule has 0 saturated heterocycles. The molecule has 0 amide bonds. The van der Waals surface area contributed by atoms with Crippen LogP contribution in [0.2, 0.25) is 0 Å². The van der Waals surface area contributed by atoms with Gasteiger partial charge >= 0.3 is 107 Å². The molecule has 0 N–H and O–H groups in total. The van der Waals surface area contributed by atoms with Gasteiger partial charge in [0.2, 0.25) is 0 Å². The summed E-state index contributed by atoms with van der Waals surface area (Å²) in [6.45, 7) is 3.22. The Bertz CT molecular complexity index is 709. The third-order valence-electron chi connectivity index (χ3n) is 3.25. The summed E-state index contributed by atoms with van der Waals surface area (Å²) in [5.74, 6) is 0. The van der Waals surface area contributed by atoms with Crippen LogP contribution in [0, 0.1) is 0 Å². The molecule has 1 heterocycles. The Balaban J connectivity index is 2.53. The fraction of sp³-hybridized carbons (Fsp3) is 0.133. The molecule has 17 heavy (non-hydrogen) atoms. The molecule has 0 spiro atoms. The van der Waals surface area contributed by atoms with E-state index in [0.717, 1.165) is 6.54 Å². The number of benzene rings is 2. The number of hydrogen-bond acceptors (Lipinski definition) is 0. The first-order chi connectivity index (χ1) is 8.35. The van der Waals surface area contributed by atoms with E-state index in [0.29, 0.717) is 0 Å². The molecule has 1 nitrogen and oxygen atoms in total. The van der Waals surface area contributed by atoms with Crippen molar-refractivity contribution in [1.29, 1.82) is 0 Å². The Morgan fingerprint density at radius 2 is 1.82 bits per heavy atom. The summed E-state index contributed by atoms with van der Waals surface area (Å²) < 4.78 is 3.78. The summed E-state index contributed by atoms with van der Waals surface area (Å²) >= 11 is 0.0601. The van der Waals surface area contributed by atoms with Crippen LogP contribution in [0.25, 0.3) is 21.8 Å². The van der Waals surface area contributed by atoms with Crippen LogP contribution in [0.4, 0.5) is 0 Å². The Labute approximate surface area is 107 Å².